The summed E-state index contributed by atoms with van der Waals surface area (Å²) in [6, 6.07) is 2.84. The van der Waals surface area contributed by atoms with Crippen LogP contribution in [0.4, 0.5) is 0 Å². The Morgan fingerprint density at radius 2 is 2.00 bits per heavy atom. The van der Waals surface area contributed by atoms with Crippen LogP contribution in [0.1, 0.15) is 63.6 Å². The van der Waals surface area contributed by atoms with Crippen molar-refractivity contribution in [2.75, 3.05) is 0 Å². The minimum atomic E-state index is 0.597. The molecule has 0 bridgehead atoms. The molecule has 0 atom stereocenters. The van der Waals surface area contributed by atoms with Crippen molar-refractivity contribution in [3.05, 3.63) is 18.0 Å². The molecule has 78 valence electrons. The minimum absolute atomic E-state index is 0.597. The van der Waals surface area contributed by atoms with Crippen LogP contribution in [0.15, 0.2) is 12.3 Å². The maximum atomic E-state index is 4.48. The summed E-state index contributed by atoms with van der Waals surface area (Å²) in [7, 11) is 0. The lowest BCUT2D eigenvalue weighted by Gasteiger charge is -2.24. The second kappa shape index (κ2) is 4.16. The summed E-state index contributed by atoms with van der Waals surface area (Å²) >= 11 is 0. The van der Waals surface area contributed by atoms with Crippen molar-refractivity contribution in [3.63, 3.8) is 0 Å². The van der Waals surface area contributed by atoms with Gasteiger partial charge in [-0.2, -0.15) is 5.10 Å². The monoisotopic (exact) mass is 192 g/mol. The zero-order valence-corrected chi connectivity index (χ0v) is 9.24. The van der Waals surface area contributed by atoms with Gasteiger partial charge in [0.1, 0.15) is 0 Å². The molecular weight excluding hydrogens is 172 g/mol. The first-order valence-corrected chi connectivity index (χ1v) is 5.82. The van der Waals surface area contributed by atoms with E-state index in [0.717, 1.165) is 0 Å². The molecule has 2 rings (SSSR count). The molecule has 1 aliphatic rings. The van der Waals surface area contributed by atoms with Crippen LogP contribution < -0.4 is 0 Å². The van der Waals surface area contributed by atoms with Crippen molar-refractivity contribution in [1.82, 2.24) is 9.78 Å². The molecule has 0 radical (unpaired) electrons. The van der Waals surface area contributed by atoms with E-state index < -0.39 is 0 Å². The third kappa shape index (κ3) is 1.84. The summed E-state index contributed by atoms with van der Waals surface area (Å²) in [4.78, 5) is 0. The maximum absolute atomic E-state index is 4.48. The molecule has 1 aliphatic carbocycles. The SMILES string of the molecule is CC(C)c1ccnn1C1CCCCC1. The average molecular weight is 192 g/mol. The number of aromatic nitrogens is 2. The van der Waals surface area contributed by atoms with Crippen molar-refractivity contribution in [2.24, 2.45) is 0 Å². The van der Waals surface area contributed by atoms with Gasteiger partial charge < -0.3 is 0 Å². The van der Waals surface area contributed by atoms with Crippen molar-refractivity contribution in [2.45, 2.75) is 57.9 Å². The summed E-state index contributed by atoms with van der Waals surface area (Å²) < 4.78 is 2.27. The van der Waals surface area contributed by atoms with E-state index in [1.54, 1.807) is 0 Å². The van der Waals surface area contributed by atoms with Gasteiger partial charge in [0.05, 0.1) is 6.04 Å². The Hall–Kier alpha value is -0.790. The zero-order valence-electron chi connectivity index (χ0n) is 9.24. The molecule has 0 saturated heterocycles. The van der Waals surface area contributed by atoms with Gasteiger partial charge in [-0.15, -0.1) is 0 Å². The highest BCUT2D eigenvalue weighted by atomic mass is 15.3. The fourth-order valence-electron chi connectivity index (χ4n) is 2.41. The van der Waals surface area contributed by atoms with Crippen molar-refractivity contribution in [1.29, 1.82) is 0 Å². The Labute approximate surface area is 86.3 Å². The third-order valence-corrected chi connectivity index (χ3v) is 3.21. The first-order chi connectivity index (χ1) is 6.79. The topological polar surface area (TPSA) is 17.8 Å². The number of hydrogen-bond acceptors (Lipinski definition) is 1. The van der Waals surface area contributed by atoms with Crippen LogP contribution in [0.25, 0.3) is 0 Å². The molecule has 1 saturated carbocycles. The normalized spacial score (nSPS) is 19.1. The van der Waals surface area contributed by atoms with Gasteiger partial charge in [-0.05, 0) is 24.8 Å². The minimum Gasteiger partial charge on any atom is -0.266 e. The van der Waals surface area contributed by atoms with Crippen LogP contribution >= 0.6 is 0 Å². The van der Waals surface area contributed by atoms with E-state index in [1.807, 2.05) is 6.20 Å². The van der Waals surface area contributed by atoms with E-state index in [4.69, 9.17) is 0 Å². The first kappa shape index (κ1) is 9.75. The molecule has 0 amide bonds. The van der Waals surface area contributed by atoms with E-state index in [0.29, 0.717) is 12.0 Å². The summed E-state index contributed by atoms with van der Waals surface area (Å²) in [6.45, 7) is 4.49. The van der Waals surface area contributed by atoms with Crippen molar-refractivity contribution < 1.29 is 0 Å². The largest absolute Gasteiger partial charge is 0.266 e. The lowest BCUT2D eigenvalue weighted by molar-refractivity contribution is 0.319. The molecule has 0 aromatic carbocycles. The second-order valence-electron chi connectivity index (χ2n) is 4.65. The molecule has 1 aromatic heterocycles. The molecule has 2 nitrogen and oxygen atoms in total. The summed E-state index contributed by atoms with van der Waals surface area (Å²) in [5.74, 6) is 0.597. The maximum Gasteiger partial charge on any atom is 0.0522 e. The van der Waals surface area contributed by atoms with Crippen molar-refractivity contribution >= 4 is 0 Å². The van der Waals surface area contributed by atoms with Gasteiger partial charge in [0.2, 0.25) is 0 Å². The van der Waals surface area contributed by atoms with Crippen LogP contribution in [0.2, 0.25) is 0 Å². The highest BCUT2D eigenvalue weighted by molar-refractivity contribution is 5.06. The quantitative estimate of drug-likeness (QED) is 0.701. The Kier molecular flexibility index (Phi) is 2.90. The predicted octanol–water partition coefficient (Wildman–Crippen LogP) is 3.51. The van der Waals surface area contributed by atoms with E-state index in [-0.39, 0.29) is 0 Å². The average Bonchev–Trinajstić information content (AvgIpc) is 2.67. The standard InChI is InChI=1S/C12H20N2/c1-10(2)12-8-9-13-14(12)11-6-4-3-5-7-11/h8-11H,3-7H2,1-2H3. The fraction of sp³-hybridized carbons (Fsp3) is 0.750. The molecule has 2 heteroatoms. The molecule has 14 heavy (non-hydrogen) atoms. The fourth-order valence-corrected chi connectivity index (χ4v) is 2.41. The zero-order chi connectivity index (χ0) is 9.97. The van der Waals surface area contributed by atoms with Crippen LogP contribution in [0.3, 0.4) is 0 Å². The number of nitrogens with zero attached hydrogens (tertiary/aromatic N) is 2. The van der Waals surface area contributed by atoms with Crippen LogP contribution in [-0.2, 0) is 0 Å². The molecule has 0 aliphatic heterocycles. The molecule has 1 aromatic rings. The lowest BCUT2D eigenvalue weighted by Crippen LogP contribution is -2.17. The Bertz CT molecular complexity index is 282. The predicted molar refractivity (Wildman–Crippen MR) is 58.4 cm³/mol. The smallest absolute Gasteiger partial charge is 0.0522 e. The number of hydrogen-bond donors (Lipinski definition) is 0. The van der Waals surface area contributed by atoms with E-state index in [2.05, 4.69) is 29.7 Å². The summed E-state index contributed by atoms with van der Waals surface area (Å²) in [5, 5.41) is 4.48. The van der Waals surface area contributed by atoms with Gasteiger partial charge in [0.15, 0.2) is 0 Å². The molecule has 1 fully saturated rings. The van der Waals surface area contributed by atoms with E-state index in [1.165, 1.54) is 37.8 Å². The Morgan fingerprint density at radius 3 is 2.64 bits per heavy atom. The Balaban J connectivity index is 2.17. The van der Waals surface area contributed by atoms with E-state index in [9.17, 15) is 0 Å². The highest BCUT2D eigenvalue weighted by Crippen LogP contribution is 2.30. The molecular formula is C12H20N2. The lowest BCUT2D eigenvalue weighted by atomic mass is 9.95. The molecule has 0 unspecified atom stereocenters. The van der Waals surface area contributed by atoms with Gasteiger partial charge in [-0.25, -0.2) is 0 Å². The molecule has 1 heterocycles. The van der Waals surface area contributed by atoms with Crippen LogP contribution in [0, 0.1) is 0 Å². The Morgan fingerprint density at radius 1 is 1.29 bits per heavy atom. The van der Waals surface area contributed by atoms with Crippen LogP contribution in [-0.4, -0.2) is 9.78 Å². The van der Waals surface area contributed by atoms with Gasteiger partial charge in [-0.1, -0.05) is 33.1 Å². The molecule has 0 spiro atoms. The summed E-state index contributed by atoms with van der Waals surface area (Å²) in [6.07, 6.45) is 8.76. The van der Waals surface area contributed by atoms with Gasteiger partial charge in [-0.3, -0.25) is 4.68 Å². The van der Waals surface area contributed by atoms with Crippen LogP contribution in [0.5, 0.6) is 0 Å². The summed E-state index contributed by atoms with van der Waals surface area (Å²) in [5.41, 5.74) is 1.40. The molecule has 0 N–H and O–H groups in total. The van der Waals surface area contributed by atoms with Gasteiger partial charge >= 0.3 is 0 Å². The van der Waals surface area contributed by atoms with Gasteiger partial charge in [0.25, 0.3) is 0 Å². The number of rotatable bonds is 2. The van der Waals surface area contributed by atoms with Gasteiger partial charge in [0, 0.05) is 11.9 Å². The second-order valence-corrected chi connectivity index (χ2v) is 4.65. The third-order valence-electron chi connectivity index (χ3n) is 3.21. The van der Waals surface area contributed by atoms with Crippen molar-refractivity contribution in [3.8, 4) is 0 Å². The highest BCUT2D eigenvalue weighted by Gasteiger charge is 2.18. The first-order valence-electron chi connectivity index (χ1n) is 5.82. The van der Waals surface area contributed by atoms with E-state index >= 15 is 0 Å².